The molecule has 0 N–H and O–H groups in total. The van der Waals surface area contributed by atoms with Crippen LogP contribution in [-0.2, 0) is 6.42 Å². The zero-order chi connectivity index (χ0) is 16.5. The van der Waals surface area contributed by atoms with Gasteiger partial charge >= 0.3 is 0 Å². The van der Waals surface area contributed by atoms with Crippen molar-refractivity contribution in [2.75, 3.05) is 13.1 Å². The molecule has 2 aromatic heterocycles. The fraction of sp³-hybridized carbons (Fsp3) is 0.412. The van der Waals surface area contributed by atoms with Gasteiger partial charge in [-0.25, -0.2) is 4.98 Å². The topological polar surface area (TPSA) is 63.9 Å². The lowest BCUT2D eigenvalue weighted by atomic mass is 10.2. The fourth-order valence-corrected chi connectivity index (χ4v) is 4.01. The van der Waals surface area contributed by atoms with Crippen molar-refractivity contribution in [1.29, 1.82) is 0 Å². The van der Waals surface area contributed by atoms with Gasteiger partial charge in [0, 0.05) is 13.1 Å². The summed E-state index contributed by atoms with van der Waals surface area (Å²) in [4.78, 5) is 19.9. The first kappa shape index (κ1) is 15.3. The van der Waals surface area contributed by atoms with Crippen LogP contribution in [0.25, 0.3) is 11.0 Å². The van der Waals surface area contributed by atoms with E-state index in [-0.39, 0.29) is 11.9 Å². The van der Waals surface area contributed by atoms with Crippen molar-refractivity contribution in [2.24, 2.45) is 0 Å². The van der Waals surface area contributed by atoms with E-state index >= 15 is 0 Å². The van der Waals surface area contributed by atoms with Gasteiger partial charge in [0.1, 0.15) is 4.88 Å². The van der Waals surface area contributed by atoms with Crippen LogP contribution in [0, 0.1) is 0 Å². The summed E-state index contributed by atoms with van der Waals surface area (Å²) in [6.07, 6.45) is 4.61. The normalized spacial score (nSPS) is 17.7. The van der Waals surface area contributed by atoms with Gasteiger partial charge in [0.25, 0.3) is 5.91 Å². The van der Waals surface area contributed by atoms with Crippen LogP contribution in [0.4, 0.5) is 0 Å². The molecule has 124 valence electrons. The third kappa shape index (κ3) is 2.58. The van der Waals surface area contributed by atoms with Crippen LogP contribution in [0.1, 0.15) is 41.2 Å². The molecule has 3 heterocycles. The van der Waals surface area contributed by atoms with E-state index < -0.39 is 0 Å². The second-order valence-electron chi connectivity index (χ2n) is 6.13. The number of hydrogen-bond acceptors (Lipinski definition) is 5. The Morgan fingerprint density at radius 1 is 1.38 bits per heavy atom. The van der Waals surface area contributed by atoms with E-state index in [2.05, 4.69) is 32.1 Å². The maximum Gasteiger partial charge on any atom is 0.267 e. The molecule has 1 aliphatic rings. The highest BCUT2D eigenvalue weighted by Crippen LogP contribution is 2.28. The second kappa shape index (κ2) is 6.32. The molecule has 6 nitrogen and oxygen atoms in total. The average Bonchev–Trinajstić information content (AvgIpc) is 3.33. The monoisotopic (exact) mass is 341 g/mol. The highest BCUT2D eigenvalue weighted by atomic mass is 32.1. The van der Waals surface area contributed by atoms with Crippen LogP contribution >= 0.6 is 11.5 Å². The van der Waals surface area contributed by atoms with E-state index in [4.69, 9.17) is 0 Å². The third-order valence-corrected chi connectivity index (χ3v) is 5.32. The van der Waals surface area contributed by atoms with Crippen LogP contribution < -0.4 is 0 Å². The van der Waals surface area contributed by atoms with E-state index in [1.54, 1.807) is 0 Å². The standard InChI is InChI=1S/C17H19N5OS/c1-2-5-14-16(24-20-19-14)17(23)21-9-8-12(10-21)22-11-18-13-6-3-4-7-15(13)22/h3-4,6-7,11-12H,2,5,8-10H2,1H3. The van der Waals surface area contributed by atoms with Gasteiger partial charge in [0.2, 0.25) is 0 Å². The Balaban J connectivity index is 1.54. The Bertz CT molecular complexity index is 871. The molecule has 0 saturated carbocycles. The lowest BCUT2D eigenvalue weighted by Gasteiger charge is -2.17. The van der Waals surface area contributed by atoms with Gasteiger partial charge in [-0.15, -0.1) is 5.10 Å². The number of nitrogens with zero attached hydrogens (tertiary/aromatic N) is 5. The lowest BCUT2D eigenvalue weighted by molar-refractivity contribution is 0.0791. The largest absolute Gasteiger partial charge is 0.336 e. The second-order valence-corrected chi connectivity index (χ2v) is 6.89. The fourth-order valence-electron chi connectivity index (χ4n) is 3.34. The molecule has 24 heavy (non-hydrogen) atoms. The number of carbonyl (C=O) groups is 1. The summed E-state index contributed by atoms with van der Waals surface area (Å²) in [5.41, 5.74) is 2.96. The SMILES string of the molecule is CCCc1nnsc1C(=O)N1CCC(n2cnc3ccccc32)C1. The molecule has 1 fully saturated rings. The Morgan fingerprint density at radius 2 is 2.25 bits per heavy atom. The first-order valence-electron chi connectivity index (χ1n) is 8.30. The lowest BCUT2D eigenvalue weighted by Crippen LogP contribution is -2.29. The minimum Gasteiger partial charge on any atom is -0.336 e. The summed E-state index contributed by atoms with van der Waals surface area (Å²) in [5.74, 6) is 0.0698. The highest BCUT2D eigenvalue weighted by Gasteiger charge is 2.31. The Labute approximate surface area is 144 Å². The highest BCUT2D eigenvalue weighted by molar-refractivity contribution is 7.08. The van der Waals surface area contributed by atoms with E-state index in [0.717, 1.165) is 42.5 Å². The molecule has 0 spiro atoms. The van der Waals surface area contributed by atoms with Gasteiger partial charge in [0.05, 0.1) is 29.1 Å². The first-order valence-corrected chi connectivity index (χ1v) is 9.07. The molecule has 0 aliphatic carbocycles. The van der Waals surface area contributed by atoms with Crippen molar-refractivity contribution in [3.63, 3.8) is 0 Å². The van der Waals surface area contributed by atoms with E-state index in [0.29, 0.717) is 11.4 Å². The van der Waals surface area contributed by atoms with Gasteiger partial charge in [-0.2, -0.15) is 0 Å². The molecule has 1 aliphatic heterocycles. The smallest absolute Gasteiger partial charge is 0.267 e. The number of aromatic nitrogens is 4. The van der Waals surface area contributed by atoms with E-state index in [9.17, 15) is 4.79 Å². The van der Waals surface area contributed by atoms with E-state index in [1.165, 1.54) is 11.5 Å². The minimum atomic E-state index is 0.0698. The van der Waals surface area contributed by atoms with Crippen LogP contribution in [0.15, 0.2) is 30.6 Å². The number of hydrogen-bond donors (Lipinski definition) is 0. The molecular weight excluding hydrogens is 322 g/mol. The molecule has 1 saturated heterocycles. The van der Waals surface area contributed by atoms with Gasteiger partial charge in [0.15, 0.2) is 0 Å². The molecular formula is C17H19N5OS. The van der Waals surface area contributed by atoms with Gasteiger partial charge < -0.3 is 9.47 Å². The van der Waals surface area contributed by atoms with Crippen molar-refractivity contribution >= 4 is 28.5 Å². The number of rotatable bonds is 4. The quantitative estimate of drug-likeness (QED) is 0.732. The number of aryl methyl sites for hydroxylation is 1. The number of likely N-dealkylation sites (tertiary alicyclic amines) is 1. The predicted molar refractivity (Wildman–Crippen MR) is 93.2 cm³/mol. The molecule has 1 amide bonds. The van der Waals surface area contributed by atoms with Gasteiger partial charge in [-0.05, 0) is 36.5 Å². The molecule has 3 aromatic rings. The summed E-state index contributed by atoms with van der Waals surface area (Å²) in [6, 6.07) is 8.40. The molecule has 4 rings (SSSR count). The number of benzene rings is 1. The zero-order valence-corrected chi connectivity index (χ0v) is 14.4. The van der Waals surface area contributed by atoms with Crippen molar-refractivity contribution in [3.05, 3.63) is 41.2 Å². The van der Waals surface area contributed by atoms with Crippen molar-refractivity contribution in [3.8, 4) is 0 Å². The van der Waals surface area contributed by atoms with Gasteiger partial charge in [-0.3, -0.25) is 4.79 Å². The Morgan fingerprint density at radius 3 is 3.12 bits per heavy atom. The van der Waals surface area contributed by atoms with Crippen molar-refractivity contribution < 1.29 is 4.79 Å². The summed E-state index contributed by atoms with van der Waals surface area (Å²) < 4.78 is 6.17. The molecule has 0 radical (unpaired) electrons. The number of fused-ring (bicyclic) bond motifs is 1. The average molecular weight is 341 g/mol. The summed E-state index contributed by atoms with van der Waals surface area (Å²) in [7, 11) is 0. The van der Waals surface area contributed by atoms with E-state index in [1.807, 2.05) is 29.4 Å². The van der Waals surface area contributed by atoms with Crippen molar-refractivity contribution in [2.45, 2.75) is 32.2 Å². The Hall–Kier alpha value is -2.28. The number of para-hydroxylation sites is 2. The summed E-state index contributed by atoms with van der Waals surface area (Å²) in [6.45, 7) is 3.56. The number of imidazole rings is 1. The van der Waals surface area contributed by atoms with Gasteiger partial charge in [-0.1, -0.05) is 30.0 Å². The third-order valence-electron chi connectivity index (χ3n) is 4.56. The number of amides is 1. The molecule has 1 aromatic carbocycles. The van der Waals surface area contributed by atoms with Crippen LogP contribution in [0.3, 0.4) is 0 Å². The first-order chi connectivity index (χ1) is 11.8. The maximum atomic E-state index is 12.8. The van der Waals surface area contributed by atoms with Crippen LogP contribution in [-0.4, -0.2) is 43.0 Å². The number of carbonyl (C=O) groups excluding carboxylic acids is 1. The molecule has 0 bridgehead atoms. The molecule has 1 atom stereocenters. The maximum absolute atomic E-state index is 12.8. The minimum absolute atomic E-state index is 0.0698. The Kier molecular flexibility index (Phi) is 4.02. The molecule has 1 unspecified atom stereocenters. The predicted octanol–water partition coefficient (Wildman–Crippen LogP) is 2.93. The van der Waals surface area contributed by atoms with Crippen molar-refractivity contribution in [1.82, 2.24) is 24.0 Å². The summed E-state index contributed by atoms with van der Waals surface area (Å²) in [5, 5.41) is 4.11. The van der Waals surface area contributed by atoms with Crippen LogP contribution in [0.5, 0.6) is 0 Å². The molecule has 7 heteroatoms. The summed E-state index contributed by atoms with van der Waals surface area (Å²) >= 11 is 1.21. The zero-order valence-electron chi connectivity index (χ0n) is 13.6. The van der Waals surface area contributed by atoms with Crippen LogP contribution in [0.2, 0.25) is 0 Å².